The van der Waals surface area contributed by atoms with Crippen molar-refractivity contribution >= 4 is 11.8 Å². The molecule has 12 heteroatoms. The van der Waals surface area contributed by atoms with Crippen LogP contribution in [0.1, 0.15) is 11.1 Å². The number of likely N-dealkylation sites (tertiary alicyclic amines) is 1. The maximum absolute atomic E-state index is 13.9. The summed E-state index contributed by atoms with van der Waals surface area (Å²) in [4.78, 5) is 32.5. The standard InChI is InChI=1S/C24H28F3N7O2/c25-24(26,27)19-11-18(2-1-16(19)3-7-32-13-17-12-23(17,14-28)15-32)34-8-4-20(31-22(34)36)30-21(35)33-9-5-29-6-10-33/h1-2,4,8,11-12,29H,3,5-7,9-10,13-15,28H2,(H,30,31,35,36). The molecule has 1 aromatic carbocycles. The van der Waals surface area contributed by atoms with Crippen molar-refractivity contribution in [3.05, 3.63) is 63.7 Å². The first-order valence-electron chi connectivity index (χ1n) is 11.9. The Morgan fingerprint density at radius 2 is 2.00 bits per heavy atom. The number of halogens is 3. The molecular formula is C24H28F3N7O2. The predicted molar refractivity (Wildman–Crippen MR) is 128 cm³/mol. The Kier molecular flexibility index (Phi) is 6.35. The third-order valence-corrected chi connectivity index (χ3v) is 7.09. The van der Waals surface area contributed by atoms with E-state index in [4.69, 9.17) is 5.73 Å². The normalized spacial score (nSPS) is 21.8. The van der Waals surface area contributed by atoms with Crippen LogP contribution in [-0.4, -0.2) is 77.7 Å². The maximum atomic E-state index is 13.9. The van der Waals surface area contributed by atoms with E-state index in [0.717, 1.165) is 23.7 Å². The zero-order valence-corrected chi connectivity index (χ0v) is 19.6. The van der Waals surface area contributed by atoms with Crippen molar-refractivity contribution in [2.24, 2.45) is 11.1 Å². The molecule has 3 aliphatic rings. The molecule has 2 aromatic rings. The summed E-state index contributed by atoms with van der Waals surface area (Å²) in [5.41, 5.74) is 5.72. The Hall–Kier alpha value is -3.22. The fraction of sp³-hybridized carbons (Fsp3) is 0.458. The number of nitrogens with two attached hydrogens (primary N) is 1. The summed E-state index contributed by atoms with van der Waals surface area (Å²) in [6.07, 6.45) is -0.887. The van der Waals surface area contributed by atoms with Gasteiger partial charge in [0.25, 0.3) is 0 Å². The summed E-state index contributed by atoms with van der Waals surface area (Å²) in [7, 11) is 0. The van der Waals surface area contributed by atoms with E-state index in [9.17, 15) is 22.8 Å². The van der Waals surface area contributed by atoms with Gasteiger partial charge in [0.15, 0.2) is 0 Å². The molecule has 0 radical (unpaired) electrons. The Balaban J connectivity index is 1.31. The Labute approximate surface area is 205 Å². The van der Waals surface area contributed by atoms with E-state index >= 15 is 0 Å². The van der Waals surface area contributed by atoms with Crippen molar-refractivity contribution < 1.29 is 18.0 Å². The molecule has 5 rings (SSSR count). The molecule has 1 aliphatic carbocycles. The van der Waals surface area contributed by atoms with Crippen molar-refractivity contribution in [1.29, 1.82) is 0 Å². The molecule has 2 fully saturated rings. The molecule has 2 aliphatic heterocycles. The lowest BCUT2D eigenvalue weighted by molar-refractivity contribution is -0.138. The number of rotatable bonds is 6. The first-order valence-corrected chi connectivity index (χ1v) is 11.9. The second-order valence-electron chi connectivity index (χ2n) is 9.46. The second kappa shape index (κ2) is 9.34. The quantitative estimate of drug-likeness (QED) is 0.515. The number of fused-ring (bicyclic) bond motifs is 1. The monoisotopic (exact) mass is 503 g/mol. The third kappa shape index (κ3) is 4.88. The average Bonchev–Trinajstić information content (AvgIpc) is 3.43. The molecule has 4 N–H and O–H groups in total. The van der Waals surface area contributed by atoms with Crippen LogP contribution < -0.4 is 22.1 Å². The van der Waals surface area contributed by atoms with Crippen molar-refractivity contribution in [3.8, 4) is 5.69 Å². The fourth-order valence-electron chi connectivity index (χ4n) is 4.96. The van der Waals surface area contributed by atoms with Gasteiger partial charge >= 0.3 is 17.9 Å². The van der Waals surface area contributed by atoms with Crippen LogP contribution in [-0.2, 0) is 12.6 Å². The zero-order valence-electron chi connectivity index (χ0n) is 19.6. The number of benzene rings is 1. The Morgan fingerprint density at radius 1 is 1.22 bits per heavy atom. The summed E-state index contributed by atoms with van der Waals surface area (Å²) >= 11 is 0. The molecule has 1 unspecified atom stereocenters. The van der Waals surface area contributed by atoms with Gasteiger partial charge in [-0.1, -0.05) is 12.1 Å². The van der Waals surface area contributed by atoms with Crippen molar-refractivity contribution in [2.45, 2.75) is 12.6 Å². The molecule has 9 nitrogen and oxygen atoms in total. The molecule has 1 atom stereocenters. The highest BCUT2D eigenvalue weighted by Gasteiger charge is 2.49. The molecule has 36 heavy (non-hydrogen) atoms. The second-order valence-corrected chi connectivity index (χ2v) is 9.46. The van der Waals surface area contributed by atoms with Gasteiger partial charge in [0, 0.05) is 64.0 Å². The van der Waals surface area contributed by atoms with Crippen LogP contribution in [0.4, 0.5) is 23.8 Å². The van der Waals surface area contributed by atoms with Crippen LogP contribution >= 0.6 is 0 Å². The first-order chi connectivity index (χ1) is 17.2. The van der Waals surface area contributed by atoms with Crippen molar-refractivity contribution in [1.82, 2.24) is 24.7 Å². The van der Waals surface area contributed by atoms with Gasteiger partial charge in [0.2, 0.25) is 0 Å². The third-order valence-electron chi connectivity index (χ3n) is 7.09. The lowest BCUT2D eigenvalue weighted by Gasteiger charge is -2.27. The van der Waals surface area contributed by atoms with Crippen LogP contribution in [0.2, 0.25) is 0 Å². The van der Waals surface area contributed by atoms with E-state index in [0.29, 0.717) is 39.3 Å². The topological polar surface area (TPSA) is 109 Å². The number of hydrogen-bond donors (Lipinski definition) is 3. The first kappa shape index (κ1) is 24.5. The predicted octanol–water partition coefficient (Wildman–Crippen LogP) is 1.43. The lowest BCUT2D eigenvalue weighted by atomic mass is 10.0. The van der Waals surface area contributed by atoms with E-state index in [-0.39, 0.29) is 34.9 Å². The van der Waals surface area contributed by atoms with Crippen LogP contribution in [0, 0.1) is 5.41 Å². The molecule has 1 aromatic heterocycles. The Morgan fingerprint density at radius 3 is 2.67 bits per heavy atom. The lowest BCUT2D eigenvalue weighted by Crippen LogP contribution is -2.48. The number of aromatic nitrogens is 2. The van der Waals surface area contributed by atoms with Crippen molar-refractivity contribution in [3.63, 3.8) is 0 Å². The minimum Gasteiger partial charge on any atom is -0.329 e. The average molecular weight is 504 g/mol. The van der Waals surface area contributed by atoms with Gasteiger partial charge in [-0.05, 0) is 35.8 Å². The molecule has 3 heterocycles. The van der Waals surface area contributed by atoms with E-state index < -0.39 is 17.4 Å². The fourth-order valence-corrected chi connectivity index (χ4v) is 4.96. The minimum absolute atomic E-state index is 0.0402. The Bertz CT molecular complexity index is 1250. The van der Waals surface area contributed by atoms with Crippen LogP contribution in [0.15, 0.2) is 46.9 Å². The summed E-state index contributed by atoms with van der Waals surface area (Å²) in [6, 6.07) is 4.89. The smallest absolute Gasteiger partial charge is 0.329 e. The number of nitrogens with zero attached hydrogens (tertiary/aromatic N) is 4. The van der Waals surface area contributed by atoms with Gasteiger partial charge < -0.3 is 16.0 Å². The van der Waals surface area contributed by atoms with E-state index in [1.54, 1.807) is 4.90 Å². The highest BCUT2D eigenvalue weighted by atomic mass is 19.4. The number of hydrogen-bond acceptors (Lipinski definition) is 6. The molecule has 2 saturated heterocycles. The van der Waals surface area contributed by atoms with Crippen LogP contribution in [0.25, 0.3) is 5.69 Å². The van der Waals surface area contributed by atoms with E-state index in [1.807, 2.05) is 0 Å². The van der Waals surface area contributed by atoms with Gasteiger partial charge in [-0.3, -0.25) is 14.8 Å². The molecule has 0 bridgehead atoms. The number of piperazine rings is 1. The van der Waals surface area contributed by atoms with Gasteiger partial charge in [0.1, 0.15) is 5.82 Å². The molecule has 2 amide bonds. The van der Waals surface area contributed by atoms with Gasteiger partial charge in [-0.25, -0.2) is 9.59 Å². The van der Waals surface area contributed by atoms with Crippen molar-refractivity contribution in [2.75, 3.05) is 57.7 Å². The number of amides is 2. The van der Waals surface area contributed by atoms with Gasteiger partial charge in [0.05, 0.1) is 11.3 Å². The molecule has 192 valence electrons. The summed E-state index contributed by atoms with van der Waals surface area (Å²) < 4.78 is 42.8. The number of carbonyl (C=O) groups excluding carboxylic acids is 1. The minimum atomic E-state index is -4.58. The zero-order chi connectivity index (χ0) is 25.5. The van der Waals surface area contributed by atoms with Gasteiger partial charge in [-0.2, -0.15) is 18.2 Å². The van der Waals surface area contributed by atoms with Crippen LogP contribution in [0.5, 0.6) is 0 Å². The number of alkyl halides is 3. The van der Waals surface area contributed by atoms with E-state index in [1.165, 1.54) is 30.0 Å². The number of anilines is 1. The SMILES string of the molecule is NCC12C=C1CN(CCc1ccc(-n3ccc(NC(=O)N4CCNCC4)nc3=O)cc1C(F)(F)F)C2. The number of carbonyl (C=O) groups is 1. The van der Waals surface area contributed by atoms with Crippen LogP contribution in [0.3, 0.4) is 0 Å². The largest absolute Gasteiger partial charge is 0.416 e. The number of nitrogens with one attached hydrogen (secondary N) is 2. The highest BCUT2D eigenvalue weighted by molar-refractivity contribution is 5.88. The molecule has 0 spiro atoms. The summed E-state index contributed by atoms with van der Waals surface area (Å²) in [6.45, 7) is 4.91. The van der Waals surface area contributed by atoms with E-state index in [2.05, 4.69) is 26.6 Å². The summed E-state index contributed by atoms with van der Waals surface area (Å²) in [5, 5.41) is 5.71. The number of urea groups is 1. The maximum Gasteiger partial charge on any atom is 0.416 e. The summed E-state index contributed by atoms with van der Waals surface area (Å²) in [5.74, 6) is 0.0430. The highest BCUT2D eigenvalue weighted by Crippen LogP contribution is 2.49. The molecular weight excluding hydrogens is 475 g/mol. The van der Waals surface area contributed by atoms with Gasteiger partial charge in [-0.15, -0.1) is 0 Å². The molecule has 0 saturated carbocycles.